The Hall–Kier alpha value is -1.14. The Morgan fingerprint density at radius 1 is 1.30 bits per heavy atom. The first-order valence-electron chi connectivity index (χ1n) is 7.26. The van der Waals surface area contributed by atoms with E-state index in [9.17, 15) is 0 Å². The molecule has 2 fully saturated rings. The number of rotatable bonds is 3. The number of benzene rings is 1. The lowest BCUT2D eigenvalue weighted by atomic mass is 9.79. The highest BCUT2D eigenvalue weighted by molar-refractivity contribution is 5.48. The molecule has 3 unspecified atom stereocenters. The van der Waals surface area contributed by atoms with Crippen molar-refractivity contribution < 1.29 is 9.47 Å². The number of nitrogens with one attached hydrogen (secondary N) is 1. The molecule has 0 radical (unpaired) electrons. The molecule has 0 aliphatic carbocycles. The molecule has 2 saturated heterocycles. The second-order valence-electron chi connectivity index (χ2n) is 5.86. The Morgan fingerprint density at radius 3 is 2.85 bits per heavy atom. The van der Waals surface area contributed by atoms with E-state index >= 15 is 0 Å². The Bertz CT molecular complexity index is 460. The molecule has 20 heavy (non-hydrogen) atoms. The molecule has 110 valence electrons. The number of anilines is 1. The van der Waals surface area contributed by atoms with E-state index in [0.29, 0.717) is 12.5 Å². The second-order valence-corrected chi connectivity index (χ2v) is 5.86. The van der Waals surface area contributed by atoms with Crippen LogP contribution in [0.25, 0.3) is 0 Å². The molecular weight excluding hydrogens is 254 g/mol. The summed E-state index contributed by atoms with van der Waals surface area (Å²) in [4.78, 5) is 0. The first kappa shape index (κ1) is 13.8. The van der Waals surface area contributed by atoms with Gasteiger partial charge in [0.15, 0.2) is 0 Å². The highest BCUT2D eigenvalue weighted by Crippen LogP contribution is 2.41. The van der Waals surface area contributed by atoms with Gasteiger partial charge in [-0.15, -0.1) is 0 Å². The van der Waals surface area contributed by atoms with Gasteiger partial charge in [-0.3, -0.25) is 11.3 Å². The third-order valence-electron chi connectivity index (χ3n) is 4.58. The lowest BCUT2D eigenvalue weighted by molar-refractivity contribution is -0.103. The number of nitrogen functional groups attached to an aromatic ring is 1. The first-order chi connectivity index (χ1) is 9.74. The summed E-state index contributed by atoms with van der Waals surface area (Å²) in [6.07, 6.45) is 2.94. The second kappa shape index (κ2) is 5.69. The van der Waals surface area contributed by atoms with Gasteiger partial charge in [-0.2, -0.15) is 0 Å². The topological polar surface area (TPSA) is 82.5 Å². The van der Waals surface area contributed by atoms with Crippen molar-refractivity contribution in [3.8, 4) is 0 Å². The van der Waals surface area contributed by atoms with Gasteiger partial charge in [-0.05, 0) is 30.4 Å². The van der Waals surface area contributed by atoms with Crippen molar-refractivity contribution in [1.82, 2.24) is 5.43 Å². The van der Waals surface area contributed by atoms with Gasteiger partial charge < -0.3 is 15.2 Å². The fourth-order valence-electron chi connectivity index (χ4n) is 3.49. The predicted octanol–water partition coefficient (Wildman–Crippen LogP) is 1.36. The molecule has 2 heterocycles. The lowest BCUT2D eigenvalue weighted by Gasteiger charge is -2.40. The van der Waals surface area contributed by atoms with E-state index in [2.05, 4.69) is 5.43 Å². The van der Waals surface area contributed by atoms with Crippen LogP contribution in [-0.2, 0) is 9.47 Å². The Morgan fingerprint density at radius 2 is 2.15 bits per heavy atom. The van der Waals surface area contributed by atoms with Crippen LogP contribution in [-0.4, -0.2) is 25.4 Å². The molecular formula is C15H23N3O2. The highest BCUT2D eigenvalue weighted by Gasteiger charge is 2.43. The van der Waals surface area contributed by atoms with E-state index in [4.69, 9.17) is 21.1 Å². The van der Waals surface area contributed by atoms with Crippen molar-refractivity contribution in [2.75, 3.05) is 25.6 Å². The predicted molar refractivity (Wildman–Crippen MR) is 77.8 cm³/mol. The maximum absolute atomic E-state index is 6.10. The van der Waals surface area contributed by atoms with Crippen LogP contribution in [0.3, 0.4) is 0 Å². The van der Waals surface area contributed by atoms with Crippen LogP contribution in [0.2, 0.25) is 0 Å². The number of nitrogens with two attached hydrogens (primary N) is 2. The summed E-state index contributed by atoms with van der Waals surface area (Å²) in [5.41, 5.74) is 10.8. The molecule has 1 spiro atoms. The normalized spacial score (nSPS) is 31.6. The fraction of sp³-hybridized carbons (Fsp3) is 0.600. The van der Waals surface area contributed by atoms with Crippen LogP contribution in [0.1, 0.15) is 30.9 Å². The van der Waals surface area contributed by atoms with Gasteiger partial charge in [0.1, 0.15) is 0 Å². The minimum Gasteiger partial charge on any atom is -0.398 e. The van der Waals surface area contributed by atoms with Crippen LogP contribution in [0.4, 0.5) is 5.69 Å². The molecule has 5 N–H and O–H groups in total. The van der Waals surface area contributed by atoms with Crippen LogP contribution < -0.4 is 17.0 Å². The van der Waals surface area contributed by atoms with E-state index in [0.717, 1.165) is 43.7 Å². The summed E-state index contributed by atoms with van der Waals surface area (Å²) in [6, 6.07) is 7.99. The van der Waals surface area contributed by atoms with E-state index in [-0.39, 0.29) is 11.6 Å². The van der Waals surface area contributed by atoms with Gasteiger partial charge >= 0.3 is 0 Å². The summed E-state index contributed by atoms with van der Waals surface area (Å²) in [5.74, 6) is 6.23. The van der Waals surface area contributed by atoms with E-state index < -0.39 is 0 Å². The van der Waals surface area contributed by atoms with Crippen molar-refractivity contribution in [2.45, 2.75) is 30.9 Å². The molecule has 5 heteroatoms. The van der Waals surface area contributed by atoms with Gasteiger partial charge in [0.25, 0.3) is 0 Å². The van der Waals surface area contributed by atoms with Crippen molar-refractivity contribution in [3.05, 3.63) is 29.8 Å². The van der Waals surface area contributed by atoms with E-state index in [1.54, 1.807) is 0 Å². The van der Waals surface area contributed by atoms with Crippen LogP contribution in [0.15, 0.2) is 24.3 Å². The number of para-hydroxylation sites is 1. The van der Waals surface area contributed by atoms with Gasteiger partial charge in [-0.1, -0.05) is 18.2 Å². The van der Waals surface area contributed by atoms with E-state index in [1.807, 2.05) is 24.3 Å². The molecule has 1 aromatic carbocycles. The van der Waals surface area contributed by atoms with Crippen LogP contribution in [0, 0.1) is 5.92 Å². The standard InChI is InChI=1S/C15H23N3O2/c16-13-4-2-1-3-12(13)14(18-17)11-5-7-20-15(9-11)6-8-19-10-15/h1-4,11,14,18H,5-10,16-17H2. The summed E-state index contributed by atoms with van der Waals surface area (Å²) >= 11 is 0. The molecule has 3 atom stereocenters. The van der Waals surface area contributed by atoms with Crippen molar-refractivity contribution in [1.29, 1.82) is 0 Å². The Kier molecular flexibility index (Phi) is 3.94. The molecule has 0 aromatic heterocycles. The number of hydrazine groups is 1. The monoisotopic (exact) mass is 277 g/mol. The SMILES string of the molecule is NNC(c1ccccc1N)C1CCOC2(CCOC2)C1. The molecule has 2 aliphatic rings. The van der Waals surface area contributed by atoms with Crippen molar-refractivity contribution >= 4 is 5.69 Å². The summed E-state index contributed by atoms with van der Waals surface area (Å²) in [5, 5.41) is 0. The number of hydrogen-bond donors (Lipinski definition) is 3. The third kappa shape index (κ3) is 2.54. The lowest BCUT2D eigenvalue weighted by Crippen LogP contribution is -2.45. The smallest absolute Gasteiger partial charge is 0.0940 e. The Labute approximate surface area is 119 Å². The molecule has 0 bridgehead atoms. The Balaban J connectivity index is 1.81. The number of hydrogen-bond acceptors (Lipinski definition) is 5. The maximum Gasteiger partial charge on any atom is 0.0940 e. The zero-order valence-corrected chi connectivity index (χ0v) is 11.7. The fourth-order valence-corrected chi connectivity index (χ4v) is 3.49. The van der Waals surface area contributed by atoms with Gasteiger partial charge in [0, 0.05) is 25.3 Å². The van der Waals surface area contributed by atoms with Crippen molar-refractivity contribution in [3.63, 3.8) is 0 Å². The quantitative estimate of drug-likeness (QED) is 0.441. The van der Waals surface area contributed by atoms with Gasteiger partial charge in [0.2, 0.25) is 0 Å². The van der Waals surface area contributed by atoms with E-state index in [1.165, 1.54) is 0 Å². The molecule has 1 aromatic rings. The van der Waals surface area contributed by atoms with Gasteiger partial charge in [0.05, 0.1) is 18.2 Å². The summed E-state index contributed by atoms with van der Waals surface area (Å²) in [6.45, 7) is 2.25. The molecule has 2 aliphatic heterocycles. The molecule has 0 saturated carbocycles. The molecule has 3 rings (SSSR count). The summed E-state index contributed by atoms with van der Waals surface area (Å²) < 4.78 is 11.5. The first-order valence-corrected chi connectivity index (χ1v) is 7.26. The molecule has 0 amide bonds. The summed E-state index contributed by atoms with van der Waals surface area (Å²) in [7, 11) is 0. The molecule has 5 nitrogen and oxygen atoms in total. The third-order valence-corrected chi connectivity index (χ3v) is 4.58. The minimum atomic E-state index is -0.110. The zero-order valence-electron chi connectivity index (χ0n) is 11.7. The van der Waals surface area contributed by atoms with Crippen LogP contribution in [0.5, 0.6) is 0 Å². The maximum atomic E-state index is 6.10. The average Bonchev–Trinajstić information content (AvgIpc) is 2.90. The zero-order chi connectivity index (χ0) is 14.0. The largest absolute Gasteiger partial charge is 0.398 e. The average molecular weight is 277 g/mol. The van der Waals surface area contributed by atoms with Crippen molar-refractivity contribution in [2.24, 2.45) is 11.8 Å². The minimum absolute atomic E-state index is 0.0672. The number of ether oxygens (including phenoxy) is 2. The van der Waals surface area contributed by atoms with Crippen LogP contribution >= 0.6 is 0 Å². The highest BCUT2D eigenvalue weighted by atomic mass is 16.6. The van der Waals surface area contributed by atoms with Gasteiger partial charge in [-0.25, -0.2) is 0 Å².